The van der Waals surface area contributed by atoms with E-state index in [0.29, 0.717) is 0 Å². The van der Waals surface area contributed by atoms with Gasteiger partial charge >= 0.3 is 0 Å². The van der Waals surface area contributed by atoms with Crippen LogP contribution in [0.1, 0.15) is 42.4 Å². The molecule has 0 heterocycles. The summed E-state index contributed by atoms with van der Waals surface area (Å²) in [6.45, 7) is 0. The molecule has 2 aromatic carbocycles. The molecule has 98 valence electrons. The molecule has 2 aromatic rings. The van der Waals surface area contributed by atoms with Crippen LogP contribution in [0.3, 0.4) is 0 Å². The molecule has 0 unspecified atom stereocenters. The highest BCUT2D eigenvalue weighted by Gasteiger charge is 2.36. The number of fused-ring (bicyclic) bond motifs is 3. The molecule has 0 amide bonds. The van der Waals surface area contributed by atoms with E-state index in [1.807, 2.05) is 0 Å². The Morgan fingerprint density at radius 2 is 1.65 bits per heavy atom. The van der Waals surface area contributed by atoms with Crippen molar-refractivity contribution >= 4 is 0 Å². The van der Waals surface area contributed by atoms with E-state index in [4.69, 9.17) is 0 Å². The van der Waals surface area contributed by atoms with Gasteiger partial charge in [-0.1, -0.05) is 55.3 Å². The van der Waals surface area contributed by atoms with Gasteiger partial charge in [0.1, 0.15) is 0 Å². The van der Waals surface area contributed by atoms with E-state index in [9.17, 15) is 5.26 Å². The Hall–Kier alpha value is -2.07. The van der Waals surface area contributed by atoms with Gasteiger partial charge in [0.25, 0.3) is 0 Å². The lowest BCUT2D eigenvalue weighted by molar-refractivity contribution is 0.572. The first-order valence-corrected chi connectivity index (χ1v) is 7.45. The van der Waals surface area contributed by atoms with Crippen LogP contribution in [0.2, 0.25) is 0 Å². The van der Waals surface area contributed by atoms with Gasteiger partial charge in [-0.25, -0.2) is 0 Å². The number of hydrogen-bond acceptors (Lipinski definition) is 1. The van der Waals surface area contributed by atoms with Crippen molar-refractivity contribution in [2.45, 2.75) is 37.5 Å². The molecular weight excluding hydrogens is 242 g/mol. The Morgan fingerprint density at radius 3 is 2.45 bits per heavy atom. The van der Waals surface area contributed by atoms with E-state index in [2.05, 4.69) is 48.5 Å². The van der Waals surface area contributed by atoms with Crippen LogP contribution < -0.4 is 0 Å². The maximum Gasteiger partial charge on any atom is 0.0822 e. The quantitative estimate of drug-likeness (QED) is 0.627. The molecule has 0 aliphatic heterocycles. The summed E-state index contributed by atoms with van der Waals surface area (Å²) in [5.74, 6) is 0. The minimum Gasteiger partial charge on any atom is -0.197 e. The van der Waals surface area contributed by atoms with Gasteiger partial charge in [-0.15, -0.1) is 0 Å². The average Bonchev–Trinajstić information content (AvgIpc) is 3.11. The lowest BCUT2D eigenvalue weighted by Crippen LogP contribution is -2.19. The number of benzene rings is 2. The van der Waals surface area contributed by atoms with E-state index < -0.39 is 0 Å². The fraction of sp³-hybridized carbons (Fsp3) is 0.316. The minimum atomic E-state index is -0.218. The standard InChI is InChI=1S/C19H17N/c20-13-19(9-3-4-10-19)16-7-8-18-15(12-16)11-14-5-1-2-6-17(14)18/h1-2,5-8,12H,3-4,9-11H2. The van der Waals surface area contributed by atoms with Gasteiger partial charge in [-0.2, -0.15) is 5.26 Å². The fourth-order valence-corrected chi connectivity index (χ4v) is 3.89. The second-order valence-corrected chi connectivity index (χ2v) is 6.11. The van der Waals surface area contributed by atoms with Crippen LogP contribution in [-0.2, 0) is 11.8 Å². The first-order chi connectivity index (χ1) is 9.82. The predicted molar refractivity (Wildman–Crippen MR) is 80.4 cm³/mol. The summed E-state index contributed by atoms with van der Waals surface area (Å²) in [6, 6.07) is 18.0. The Morgan fingerprint density at radius 1 is 0.900 bits per heavy atom. The Labute approximate surface area is 119 Å². The Balaban J connectivity index is 1.81. The number of nitrogens with zero attached hydrogens (tertiary/aromatic N) is 1. The molecule has 1 saturated carbocycles. The predicted octanol–water partition coefficient (Wildman–Crippen LogP) is 4.59. The van der Waals surface area contributed by atoms with Crippen LogP contribution in [0.4, 0.5) is 0 Å². The van der Waals surface area contributed by atoms with E-state index in [0.717, 1.165) is 19.3 Å². The normalized spacial score (nSPS) is 18.4. The molecule has 2 aliphatic rings. The van der Waals surface area contributed by atoms with E-state index in [-0.39, 0.29) is 5.41 Å². The summed E-state index contributed by atoms with van der Waals surface area (Å²) >= 11 is 0. The first kappa shape index (κ1) is 11.7. The molecule has 1 nitrogen and oxygen atoms in total. The smallest absolute Gasteiger partial charge is 0.0822 e. The van der Waals surface area contributed by atoms with Crippen LogP contribution >= 0.6 is 0 Å². The summed E-state index contributed by atoms with van der Waals surface area (Å²) in [6.07, 6.45) is 5.43. The topological polar surface area (TPSA) is 23.8 Å². The zero-order valence-corrected chi connectivity index (χ0v) is 11.5. The van der Waals surface area contributed by atoms with Gasteiger partial charge in [-0.3, -0.25) is 0 Å². The average molecular weight is 259 g/mol. The molecule has 0 radical (unpaired) electrons. The Bertz CT molecular complexity index is 715. The highest BCUT2D eigenvalue weighted by atomic mass is 14.4. The largest absolute Gasteiger partial charge is 0.197 e. The molecule has 0 bridgehead atoms. The van der Waals surface area contributed by atoms with Crippen LogP contribution in [-0.4, -0.2) is 0 Å². The van der Waals surface area contributed by atoms with Crippen LogP contribution in [0.5, 0.6) is 0 Å². The van der Waals surface area contributed by atoms with Crippen LogP contribution in [0.15, 0.2) is 42.5 Å². The van der Waals surface area contributed by atoms with Crippen molar-refractivity contribution in [2.75, 3.05) is 0 Å². The van der Waals surface area contributed by atoms with Gasteiger partial charge in [0, 0.05) is 0 Å². The van der Waals surface area contributed by atoms with E-state index in [1.54, 1.807) is 0 Å². The molecular formula is C19H17N. The van der Waals surface area contributed by atoms with Gasteiger partial charge < -0.3 is 0 Å². The number of nitriles is 1. The van der Waals surface area contributed by atoms with Gasteiger partial charge in [0.05, 0.1) is 11.5 Å². The summed E-state index contributed by atoms with van der Waals surface area (Å²) < 4.78 is 0. The van der Waals surface area contributed by atoms with E-state index >= 15 is 0 Å². The summed E-state index contributed by atoms with van der Waals surface area (Å²) in [5, 5.41) is 9.64. The molecule has 4 rings (SSSR count). The van der Waals surface area contributed by atoms with Crippen molar-refractivity contribution in [1.82, 2.24) is 0 Å². The maximum absolute atomic E-state index is 9.64. The second-order valence-electron chi connectivity index (χ2n) is 6.11. The zero-order chi connectivity index (χ0) is 13.6. The van der Waals surface area contributed by atoms with Crippen LogP contribution in [0, 0.1) is 11.3 Å². The van der Waals surface area contributed by atoms with Gasteiger partial charge in [0.15, 0.2) is 0 Å². The molecule has 0 saturated heterocycles. The minimum absolute atomic E-state index is 0.218. The summed E-state index contributed by atoms with van der Waals surface area (Å²) in [5.41, 5.74) is 6.55. The van der Waals surface area contributed by atoms with Gasteiger partial charge in [0.2, 0.25) is 0 Å². The van der Waals surface area contributed by atoms with Crippen molar-refractivity contribution in [1.29, 1.82) is 5.26 Å². The van der Waals surface area contributed by atoms with Crippen molar-refractivity contribution in [3.8, 4) is 17.2 Å². The second kappa shape index (κ2) is 4.21. The first-order valence-electron chi connectivity index (χ1n) is 7.45. The lowest BCUT2D eigenvalue weighted by Gasteiger charge is -2.21. The maximum atomic E-state index is 9.64. The molecule has 1 fully saturated rings. The van der Waals surface area contributed by atoms with Crippen molar-refractivity contribution < 1.29 is 0 Å². The van der Waals surface area contributed by atoms with E-state index in [1.165, 1.54) is 40.7 Å². The van der Waals surface area contributed by atoms with Crippen molar-refractivity contribution in [2.24, 2.45) is 0 Å². The number of hydrogen-bond donors (Lipinski definition) is 0. The third kappa shape index (κ3) is 1.55. The third-order valence-electron chi connectivity index (χ3n) is 5.02. The third-order valence-corrected chi connectivity index (χ3v) is 5.02. The SMILES string of the molecule is N#CC1(c2ccc3c(c2)Cc2ccccc2-3)CCCC1. The molecule has 2 aliphatic carbocycles. The van der Waals surface area contributed by atoms with Crippen molar-refractivity contribution in [3.05, 3.63) is 59.2 Å². The molecule has 0 spiro atoms. The molecule has 0 N–H and O–H groups in total. The summed E-state index contributed by atoms with van der Waals surface area (Å²) in [4.78, 5) is 0. The molecule has 20 heavy (non-hydrogen) atoms. The summed E-state index contributed by atoms with van der Waals surface area (Å²) in [7, 11) is 0. The van der Waals surface area contributed by atoms with Crippen LogP contribution in [0.25, 0.3) is 11.1 Å². The van der Waals surface area contributed by atoms with Crippen molar-refractivity contribution in [3.63, 3.8) is 0 Å². The Kier molecular flexibility index (Phi) is 2.47. The highest BCUT2D eigenvalue weighted by Crippen LogP contribution is 2.44. The molecule has 0 atom stereocenters. The van der Waals surface area contributed by atoms with Gasteiger partial charge in [-0.05, 0) is 47.1 Å². The monoisotopic (exact) mass is 259 g/mol. The molecule has 1 heteroatoms. The fourth-order valence-electron chi connectivity index (χ4n) is 3.89. The number of rotatable bonds is 1. The zero-order valence-electron chi connectivity index (χ0n) is 11.5. The molecule has 0 aromatic heterocycles. The lowest BCUT2D eigenvalue weighted by atomic mass is 9.79. The highest BCUT2D eigenvalue weighted by molar-refractivity contribution is 5.77.